The zero-order chi connectivity index (χ0) is 13.2. The van der Waals surface area contributed by atoms with Crippen molar-refractivity contribution in [1.29, 1.82) is 0 Å². The van der Waals surface area contributed by atoms with Crippen LogP contribution in [-0.4, -0.2) is 5.16 Å². The Morgan fingerprint density at radius 3 is 2.32 bits per heavy atom. The third kappa shape index (κ3) is 2.08. The van der Waals surface area contributed by atoms with E-state index in [-0.39, 0.29) is 11.7 Å². The number of rotatable bonds is 2. The van der Waals surface area contributed by atoms with Crippen LogP contribution in [0.25, 0.3) is 22.8 Å². The van der Waals surface area contributed by atoms with Gasteiger partial charge in [0.15, 0.2) is 5.16 Å². The van der Waals surface area contributed by atoms with Crippen LogP contribution in [0.4, 0.5) is 0 Å². The number of benzene rings is 2. The van der Waals surface area contributed by atoms with Crippen LogP contribution >= 0.6 is 0 Å². The number of aromatic nitrogens is 2. The molecular formula is C15H12N2O2. The highest BCUT2D eigenvalue weighted by molar-refractivity contribution is 5.55. The largest absolute Gasteiger partial charge is 0.708 e. The molecule has 0 aliphatic heterocycles. The van der Waals surface area contributed by atoms with E-state index in [1.807, 2.05) is 61.5 Å². The Kier molecular flexibility index (Phi) is 2.76. The van der Waals surface area contributed by atoms with Crippen molar-refractivity contribution in [1.82, 2.24) is 5.16 Å². The van der Waals surface area contributed by atoms with E-state index < -0.39 is 0 Å². The quantitative estimate of drug-likeness (QED) is 0.520. The van der Waals surface area contributed by atoms with Gasteiger partial charge in [0.2, 0.25) is 0 Å². The van der Waals surface area contributed by atoms with E-state index in [2.05, 4.69) is 5.16 Å². The van der Waals surface area contributed by atoms with Gasteiger partial charge < -0.3 is 5.21 Å². The molecule has 0 aliphatic carbocycles. The van der Waals surface area contributed by atoms with Crippen molar-refractivity contribution in [3.63, 3.8) is 0 Å². The van der Waals surface area contributed by atoms with Crippen LogP contribution in [0.5, 0.6) is 0 Å². The summed E-state index contributed by atoms with van der Waals surface area (Å²) in [5.74, 6) is 0.482. The van der Waals surface area contributed by atoms with Crippen molar-refractivity contribution >= 4 is 0 Å². The minimum absolute atomic E-state index is 0.207. The third-order valence-electron chi connectivity index (χ3n) is 2.93. The summed E-state index contributed by atoms with van der Waals surface area (Å²) in [5, 5.41) is 16.1. The van der Waals surface area contributed by atoms with Gasteiger partial charge in [0.25, 0.3) is 0 Å². The molecule has 4 nitrogen and oxygen atoms in total. The molecule has 0 aliphatic rings. The highest BCUT2D eigenvalue weighted by atomic mass is 16.5. The first kappa shape index (κ1) is 11.5. The van der Waals surface area contributed by atoms with Crippen LogP contribution in [0.3, 0.4) is 0 Å². The Bertz CT molecular complexity index is 688. The second-order valence-corrected chi connectivity index (χ2v) is 4.34. The van der Waals surface area contributed by atoms with Gasteiger partial charge in [-0.3, -0.25) is 0 Å². The fraction of sp³-hybridized carbons (Fsp3) is 0.0667. The monoisotopic (exact) mass is 252 g/mol. The van der Waals surface area contributed by atoms with Gasteiger partial charge in [-0.2, -0.15) is 4.73 Å². The van der Waals surface area contributed by atoms with Crippen LogP contribution in [0, 0.1) is 12.1 Å². The average molecular weight is 252 g/mol. The van der Waals surface area contributed by atoms with Crippen LogP contribution in [-0.2, 0) is 0 Å². The summed E-state index contributed by atoms with van der Waals surface area (Å²) < 4.78 is 5.90. The predicted molar refractivity (Wildman–Crippen MR) is 71.1 cm³/mol. The molecule has 2 aromatic carbocycles. The van der Waals surface area contributed by atoms with Crippen LogP contribution < -0.4 is 4.73 Å². The fourth-order valence-corrected chi connectivity index (χ4v) is 1.88. The van der Waals surface area contributed by atoms with E-state index in [1.54, 1.807) is 0 Å². The molecule has 94 valence electrons. The maximum Gasteiger partial charge on any atom is 0.383 e. The lowest BCUT2D eigenvalue weighted by atomic mass is 10.1. The van der Waals surface area contributed by atoms with E-state index in [9.17, 15) is 5.21 Å². The van der Waals surface area contributed by atoms with Crippen LogP contribution in [0.15, 0.2) is 59.1 Å². The van der Waals surface area contributed by atoms with E-state index in [0.717, 1.165) is 21.4 Å². The number of nitrogens with zero attached hydrogens (tertiary/aromatic N) is 2. The molecule has 19 heavy (non-hydrogen) atoms. The number of hydrogen-bond donors (Lipinski definition) is 0. The number of aryl methyl sites for hydroxylation is 1. The van der Waals surface area contributed by atoms with Gasteiger partial charge in [-0.05, 0) is 31.2 Å². The lowest BCUT2D eigenvalue weighted by Crippen LogP contribution is -2.29. The lowest BCUT2D eigenvalue weighted by molar-refractivity contribution is -0.585. The van der Waals surface area contributed by atoms with Crippen LogP contribution in [0.2, 0.25) is 0 Å². The normalized spacial score (nSPS) is 10.6. The van der Waals surface area contributed by atoms with Crippen molar-refractivity contribution in [2.45, 2.75) is 6.92 Å². The Morgan fingerprint density at radius 2 is 1.63 bits per heavy atom. The van der Waals surface area contributed by atoms with Gasteiger partial charge in [-0.15, -0.1) is 0 Å². The zero-order valence-electron chi connectivity index (χ0n) is 10.4. The molecule has 0 unspecified atom stereocenters. The molecule has 0 bridgehead atoms. The Hall–Kier alpha value is -2.62. The summed E-state index contributed by atoms with van der Waals surface area (Å²) in [6.07, 6.45) is 0. The van der Waals surface area contributed by atoms with Crippen LogP contribution in [0.1, 0.15) is 5.56 Å². The summed E-state index contributed by atoms with van der Waals surface area (Å²) >= 11 is 0. The molecule has 0 radical (unpaired) electrons. The Morgan fingerprint density at radius 1 is 0.947 bits per heavy atom. The smallest absolute Gasteiger partial charge is 0.383 e. The first-order chi connectivity index (χ1) is 9.25. The fourth-order valence-electron chi connectivity index (χ4n) is 1.88. The second kappa shape index (κ2) is 4.57. The third-order valence-corrected chi connectivity index (χ3v) is 2.93. The van der Waals surface area contributed by atoms with Crippen molar-refractivity contribution in [3.05, 3.63) is 65.4 Å². The van der Waals surface area contributed by atoms with Gasteiger partial charge in [0.1, 0.15) is 0 Å². The lowest BCUT2D eigenvalue weighted by Gasteiger charge is -2.02. The molecule has 4 heteroatoms. The van der Waals surface area contributed by atoms with Crippen molar-refractivity contribution < 1.29 is 9.25 Å². The Balaban J connectivity index is 2.06. The molecule has 0 fully saturated rings. The minimum atomic E-state index is 0.207. The highest BCUT2D eigenvalue weighted by Crippen LogP contribution is 2.20. The van der Waals surface area contributed by atoms with Crippen molar-refractivity contribution in [2.24, 2.45) is 0 Å². The van der Waals surface area contributed by atoms with Gasteiger partial charge in [-0.25, -0.2) is 4.52 Å². The molecule has 0 N–H and O–H groups in total. The number of hydrogen-bond acceptors (Lipinski definition) is 3. The summed E-state index contributed by atoms with van der Waals surface area (Å²) in [6.45, 7) is 1.99. The zero-order valence-corrected chi connectivity index (χ0v) is 10.4. The maximum atomic E-state index is 12.2. The maximum absolute atomic E-state index is 12.2. The first-order valence-electron chi connectivity index (χ1n) is 5.97. The summed E-state index contributed by atoms with van der Waals surface area (Å²) in [7, 11) is 0. The Labute approximate surface area is 110 Å². The summed E-state index contributed by atoms with van der Waals surface area (Å²) in [6, 6.07) is 16.8. The molecule has 0 atom stereocenters. The molecule has 0 spiro atoms. The summed E-state index contributed by atoms with van der Waals surface area (Å²) in [5.41, 5.74) is 2.58. The predicted octanol–water partition coefficient (Wildman–Crippen LogP) is 2.95. The van der Waals surface area contributed by atoms with E-state index >= 15 is 0 Å². The first-order valence-corrected chi connectivity index (χ1v) is 5.97. The highest BCUT2D eigenvalue weighted by Gasteiger charge is 2.21. The van der Waals surface area contributed by atoms with E-state index in [4.69, 9.17) is 4.52 Å². The molecule has 0 saturated heterocycles. The van der Waals surface area contributed by atoms with Gasteiger partial charge in [0.05, 0.1) is 11.1 Å². The van der Waals surface area contributed by atoms with E-state index in [1.165, 1.54) is 0 Å². The SMILES string of the molecule is Cc1ccc(-c2onc(-c3ccccc3)[n+]2[O-])cc1. The molecule has 0 amide bonds. The molecule has 1 heterocycles. The molecule has 3 aromatic rings. The van der Waals surface area contributed by atoms with Gasteiger partial charge >= 0.3 is 11.7 Å². The minimum Gasteiger partial charge on any atom is -0.708 e. The summed E-state index contributed by atoms with van der Waals surface area (Å²) in [4.78, 5) is 0. The van der Waals surface area contributed by atoms with Crippen molar-refractivity contribution in [3.8, 4) is 22.8 Å². The second-order valence-electron chi connectivity index (χ2n) is 4.34. The van der Waals surface area contributed by atoms with Gasteiger partial charge in [0, 0.05) is 0 Å². The molecule has 3 rings (SSSR count). The van der Waals surface area contributed by atoms with Gasteiger partial charge in [-0.1, -0.05) is 35.9 Å². The molecule has 1 aromatic heterocycles. The molecular weight excluding hydrogens is 240 g/mol. The topological polar surface area (TPSA) is 53.0 Å². The standard InChI is InChI=1S/C15H12N2O2/c1-11-7-9-13(10-8-11)15-17(18)14(16-19-15)12-5-3-2-4-6-12/h2-10H,1H3. The van der Waals surface area contributed by atoms with Crippen molar-refractivity contribution in [2.75, 3.05) is 0 Å². The molecule has 0 saturated carbocycles. The average Bonchev–Trinajstić information content (AvgIpc) is 2.83. The van der Waals surface area contributed by atoms with E-state index in [0.29, 0.717) is 0 Å².